The Morgan fingerprint density at radius 3 is 2.36 bits per heavy atom. The van der Waals surface area contributed by atoms with Crippen LogP contribution in [-0.2, 0) is 4.79 Å². The number of anilines is 1. The van der Waals surface area contributed by atoms with Gasteiger partial charge in [-0.25, -0.2) is 9.97 Å². The number of carbonyl (C=O) groups is 1. The Bertz CT molecular complexity index is 1010. The van der Waals surface area contributed by atoms with Crippen LogP contribution in [0.2, 0.25) is 5.02 Å². The van der Waals surface area contributed by atoms with Gasteiger partial charge < -0.3 is 9.80 Å². The first kappa shape index (κ1) is 18.7. The molecule has 1 aliphatic rings. The summed E-state index contributed by atoms with van der Waals surface area (Å²) in [6.07, 6.45) is 0. The van der Waals surface area contributed by atoms with E-state index in [9.17, 15) is 4.79 Å². The Labute approximate surface area is 170 Å². The minimum Gasteiger partial charge on any atom is -0.352 e. The Balaban J connectivity index is 1.71. The number of hydrogen-bond donors (Lipinski definition) is 0. The minimum absolute atomic E-state index is 0.0262. The highest BCUT2D eigenvalue weighted by Crippen LogP contribution is 2.31. The average molecular weight is 395 g/mol. The van der Waals surface area contributed by atoms with Crippen LogP contribution in [0.4, 0.5) is 5.82 Å². The van der Waals surface area contributed by atoms with Gasteiger partial charge >= 0.3 is 0 Å². The van der Waals surface area contributed by atoms with Gasteiger partial charge in [-0.05, 0) is 24.3 Å². The van der Waals surface area contributed by atoms with Crippen molar-refractivity contribution in [1.29, 1.82) is 0 Å². The van der Waals surface area contributed by atoms with E-state index in [2.05, 4.69) is 4.90 Å². The molecule has 0 saturated carbocycles. The molecule has 0 spiro atoms. The molecule has 0 radical (unpaired) electrons. The Hall–Kier alpha value is -2.66. The Kier molecular flexibility index (Phi) is 5.18. The number of halogens is 1. The third-order valence-corrected chi connectivity index (χ3v) is 5.41. The van der Waals surface area contributed by atoms with Crippen molar-refractivity contribution >= 4 is 34.2 Å². The normalized spacial score (nSPS) is 14.7. The van der Waals surface area contributed by atoms with E-state index in [1.807, 2.05) is 67.3 Å². The molecule has 1 fully saturated rings. The van der Waals surface area contributed by atoms with Gasteiger partial charge in [0.05, 0.1) is 10.5 Å². The maximum Gasteiger partial charge on any atom is 0.225 e. The minimum atomic E-state index is 0.0262. The summed E-state index contributed by atoms with van der Waals surface area (Å²) >= 11 is 6.39. The number of hydrogen-bond acceptors (Lipinski definition) is 4. The summed E-state index contributed by atoms with van der Waals surface area (Å²) in [5.41, 5.74) is 1.72. The maximum atomic E-state index is 12.3. The van der Waals surface area contributed by atoms with E-state index in [1.54, 1.807) is 0 Å². The van der Waals surface area contributed by atoms with E-state index in [0.717, 1.165) is 35.4 Å². The Morgan fingerprint density at radius 1 is 0.964 bits per heavy atom. The molecule has 4 rings (SSSR count). The highest BCUT2D eigenvalue weighted by atomic mass is 35.5. The molecule has 0 atom stereocenters. The lowest BCUT2D eigenvalue weighted by molar-refractivity contribution is -0.134. The van der Waals surface area contributed by atoms with Gasteiger partial charge in [-0.3, -0.25) is 4.79 Å². The van der Waals surface area contributed by atoms with Gasteiger partial charge in [0.1, 0.15) is 5.82 Å². The molecule has 0 bridgehead atoms. The van der Waals surface area contributed by atoms with Gasteiger partial charge in [0.2, 0.25) is 5.91 Å². The first-order valence-electron chi connectivity index (χ1n) is 9.60. The predicted octanol–water partition coefficient (Wildman–Crippen LogP) is 4.25. The smallest absolute Gasteiger partial charge is 0.225 e. The van der Waals surface area contributed by atoms with Crippen LogP contribution in [0, 0.1) is 5.92 Å². The molecule has 1 amide bonds. The van der Waals surface area contributed by atoms with E-state index >= 15 is 0 Å². The van der Waals surface area contributed by atoms with Crippen LogP contribution >= 0.6 is 11.6 Å². The lowest BCUT2D eigenvalue weighted by atomic mass is 10.1. The first-order chi connectivity index (χ1) is 13.5. The van der Waals surface area contributed by atoms with Crippen LogP contribution in [0.3, 0.4) is 0 Å². The summed E-state index contributed by atoms with van der Waals surface area (Å²) in [4.78, 5) is 26.1. The van der Waals surface area contributed by atoms with Crippen molar-refractivity contribution in [1.82, 2.24) is 14.9 Å². The number of piperazine rings is 1. The molecule has 144 valence electrons. The molecule has 6 heteroatoms. The fraction of sp³-hybridized carbons (Fsp3) is 0.318. The second-order valence-electron chi connectivity index (χ2n) is 7.33. The molecule has 0 aliphatic carbocycles. The van der Waals surface area contributed by atoms with Gasteiger partial charge in [-0.1, -0.05) is 49.7 Å². The third-order valence-electron chi connectivity index (χ3n) is 5.08. The van der Waals surface area contributed by atoms with Crippen molar-refractivity contribution < 1.29 is 4.79 Å². The lowest BCUT2D eigenvalue weighted by Crippen LogP contribution is -2.50. The van der Waals surface area contributed by atoms with Gasteiger partial charge in [0, 0.05) is 43.0 Å². The number of carbonyl (C=O) groups excluding carboxylic acids is 1. The van der Waals surface area contributed by atoms with Crippen LogP contribution in [0.25, 0.3) is 22.3 Å². The molecule has 2 aromatic carbocycles. The van der Waals surface area contributed by atoms with Crippen molar-refractivity contribution in [2.24, 2.45) is 5.92 Å². The first-order valence-corrected chi connectivity index (χ1v) is 9.98. The second kappa shape index (κ2) is 7.76. The van der Waals surface area contributed by atoms with Crippen molar-refractivity contribution in [2.75, 3.05) is 31.1 Å². The van der Waals surface area contributed by atoms with Gasteiger partial charge in [0.25, 0.3) is 0 Å². The number of aromatic nitrogens is 2. The molecule has 2 heterocycles. The number of para-hydroxylation sites is 1. The zero-order valence-corrected chi connectivity index (χ0v) is 16.9. The molecule has 28 heavy (non-hydrogen) atoms. The highest BCUT2D eigenvalue weighted by molar-refractivity contribution is 6.33. The zero-order chi connectivity index (χ0) is 19.7. The van der Waals surface area contributed by atoms with E-state index in [1.165, 1.54) is 0 Å². The summed E-state index contributed by atoms with van der Waals surface area (Å²) in [7, 11) is 0. The van der Waals surface area contributed by atoms with Crippen LogP contribution in [0.1, 0.15) is 13.8 Å². The van der Waals surface area contributed by atoms with E-state index in [-0.39, 0.29) is 11.8 Å². The van der Waals surface area contributed by atoms with Crippen LogP contribution < -0.4 is 4.90 Å². The molecule has 5 nitrogen and oxygen atoms in total. The van der Waals surface area contributed by atoms with E-state index in [0.29, 0.717) is 23.9 Å². The fourth-order valence-electron chi connectivity index (χ4n) is 3.57. The third kappa shape index (κ3) is 3.54. The summed E-state index contributed by atoms with van der Waals surface area (Å²) in [6.45, 7) is 6.81. The number of benzene rings is 2. The molecular formula is C22H23ClN4O. The molecule has 1 aromatic heterocycles. The monoisotopic (exact) mass is 394 g/mol. The van der Waals surface area contributed by atoms with Crippen molar-refractivity contribution in [3.05, 3.63) is 53.6 Å². The quantitative estimate of drug-likeness (QED) is 0.666. The summed E-state index contributed by atoms with van der Waals surface area (Å²) in [5, 5.41) is 1.65. The molecular weight excluding hydrogens is 372 g/mol. The topological polar surface area (TPSA) is 49.3 Å². The largest absolute Gasteiger partial charge is 0.352 e. The molecule has 1 saturated heterocycles. The molecule has 0 N–H and O–H groups in total. The van der Waals surface area contributed by atoms with Crippen LogP contribution in [0.15, 0.2) is 48.5 Å². The average Bonchev–Trinajstić information content (AvgIpc) is 2.73. The number of rotatable bonds is 3. The van der Waals surface area contributed by atoms with Gasteiger partial charge in [-0.2, -0.15) is 0 Å². The molecule has 0 unspecified atom stereocenters. The Morgan fingerprint density at radius 2 is 1.64 bits per heavy atom. The van der Waals surface area contributed by atoms with Crippen molar-refractivity contribution in [3.8, 4) is 11.4 Å². The predicted molar refractivity (Wildman–Crippen MR) is 114 cm³/mol. The van der Waals surface area contributed by atoms with E-state index in [4.69, 9.17) is 21.6 Å². The standard InChI is InChI=1S/C22H23ClN4O/c1-15(2)22(28)27-13-11-26(12-14-27)21-17-8-4-6-10-19(17)24-20(25-21)16-7-3-5-9-18(16)23/h3-10,15H,11-14H2,1-2H3. The number of fused-ring (bicyclic) bond motifs is 1. The van der Waals surface area contributed by atoms with Crippen molar-refractivity contribution in [3.63, 3.8) is 0 Å². The van der Waals surface area contributed by atoms with Crippen LogP contribution in [-0.4, -0.2) is 47.0 Å². The SMILES string of the molecule is CC(C)C(=O)N1CCN(c2nc(-c3ccccc3Cl)nc3ccccc23)CC1. The maximum absolute atomic E-state index is 12.3. The highest BCUT2D eigenvalue weighted by Gasteiger charge is 2.25. The number of amides is 1. The van der Waals surface area contributed by atoms with Gasteiger partial charge in [0.15, 0.2) is 5.82 Å². The summed E-state index contributed by atoms with van der Waals surface area (Å²) in [5.74, 6) is 1.76. The zero-order valence-electron chi connectivity index (χ0n) is 16.1. The van der Waals surface area contributed by atoms with Gasteiger partial charge in [-0.15, -0.1) is 0 Å². The summed E-state index contributed by atoms with van der Waals surface area (Å²) in [6, 6.07) is 15.7. The number of nitrogens with zero attached hydrogens (tertiary/aromatic N) is 4. The second-order valence-corrected chi connectivity index (χ2v) is 7.74. The molecule has 3 aromatic rings. The molecule has 1 aliphatic heterocycles. The van der Waals surface area contributed by atoms with Crippen LogP contribution in [0.5, 0.6) is 0 Å². The fourth-order valence-corrected chi connectivity index (χ4v) is 3.79. The van der Waals surface area contributed by atoms with E-state index < -0.39 is 0 Å². The van der Waals surface area contributed by atoms with Crippen molar-refractivity contribution in [2.45, 2.75) is 13.8 Å². The lowest BCUT2D eigenvalue weighted by Gasteiger charge is -2.36. The summed E-state index contributed by atoms with van der Waals surface area (Å²) < 4.78 is 0.